The number of carboxylic acid groups (broad SMARTS) is 1. The fourth-order valence-electron chi connectivity index (χ4n) is 2.83. The molecule has 0 bridgehead atoms. The molecule has 2 aromatic carbocycles. The van der Waals surface area contributed by atoms with E-state index in [4.69, 9.17) is 11.3 Å². The van der Waals surface area contributed by atoms with Crippen LogP contribution in [0.25, 0.3) is 4.85 Å². The van der Waals surface area contributed by atoms with Crippen molar-refractivity contribution >= 4 is 17.6 Å². The summed E-state index contributed by atoms with van der Waals surface area (Å²) in [6.07, 6.45) is 0.590. The van der Waals surface area contributed by atoms with E-state index in [0.717, 1.165) is 0 Å². The molecule has 0 spiro atoms. The van der Waals surface area contributed by atoms with Gasteiger partial charge in [0.2, 0.25) is 0 Å². The first-order valence-corrected chi connectivity index (χ1v) is 8.05. The van der Waals surface area contributed by atoms with Crippen molar-refractivity contribution in [1.82, 2.24) is 0 Å². The number of carbonyl (C=O) groups excluding carboxylic acids is 1. The number of nitrogens with zero attached hydrogens (tertiary/aromatic N) is 1. The highest BCUT2D eigenvalue weighted by atomic mass is 16.5. The van der Waals surface area contributed by atoms with Gasteiger partial charge in [-0.25, -0.2) is 11.4 Å². The molecule has 1 unspecified atom stereocenters. The average Bonchev–Trinajstić information content (AvgIpc) is 3.09. The predicted octanol–water partition coefficient (Wildman–Crippen LogP) is 3.88. The van der Waals surface area contributed by atoms with Crippen LogP contribution in [0.1, 0.15) is 12.8 Å². The number of benzene rings is 2. The van der Waals surface area contributed by atoms with E-state index in [1.165, 1.54) is 0 Å². The van der Waals surface area contributed by atoms with Crippen LogP contribution in [0.4, 0.5) is 5.69 Å². The molecule has 130 valence electrons. The molecule has 0 aromatic heterocycles. The summed E-state index contributed by atoms with van der Waals surface area (Å²) in [4.78, 5) is 27.1. The van der Waals surface area contributed by atoms with Crippen molar-refractivity contribution in [1.29, 1.82) is 0 Å². The van der Waals surface area contributed by atoms with Crippen LogP contribution in [0.3, 0.4) is 0 Å². The summed E-state index contributed by atoms with van der Waals surface area (Å²) >= 11 is 0. The second-order valence-electron chi connectivity index (χ2n) is 5.77. The highest BCUT2D eigenvalue weighted by molar-refractivity contribution is 6.10. The summed E-state index contributed by atoms with van der Waals surface area (Å²) in [5.41, 5.74) is 0.577. The van der Waals surface area contributed by atoms with Crippen LogP contribution < -0.4 is 10.1 Å². The minimum atomic E-state index is -1.15. The Labute approximate surface area is 150 Å². The minimum absolute atomic E-state index is 0.0209. The van der Waals surface area contributed by atoms with Crippen LogP contribution in [-0.2, 0) is 9.59 Å². The Kier molecular flexibility index (Phi) is 4.99. The molecule has 6 heteroatoms. The van der Waals surface area contributed by atoms with E-state index in [1.807, 2.05) is 30.3 Å². The number of carboxylic acids is 1. The van der Waals surface area contributed by atoms with Gasteiger partial charge >= 0.3 is 5.97 Å². The van der Waals surface area contributed by atoms with E-state index < -0.39 is 17.9 Å². The zero-order valence-corrected chi connectivity index (χ0v) is 13.8. The Morgan fingerprint density at radius 1 is 1.08 bits per heavy atom. The molecular formula is C20H16N2O4. The van der Waals surface area contributed by atoms with Crippen LogP contribution in [0.5, 0.6) is 11.5 Å². The highest BCUT2D eigenvalue weighted by Gasteiger charge is 2.37. The number of nitrogens with one attached hydrogen (secondary N) is 1. The fourth-order valence-corrected chi connectivity index (χ4v) is 2.83. The molecule has 1 aliphatic rings. The molecule has 0 aliphatic heterocycles. The standard InChI is InChI=1S/C20H16N2O4/c1-21-17-12-11-16(20(24)25)18(17)19(23)22-13-7-9-15(10-8-13)26-14-5-3-2-4-6-14/h2-10,17H,11-12H2,(H,22,23)(H,24,25). The third-order valence-electron chi connectivity index (χ3n) is 4.08. The molecule has 26 heavy (non-hydrogen) atoms. The fraction of sp³-hybridized carbons (Fsp3) is 0.150. The van der Waals surface area contributed by atoms with Crippen molar-refractivity contribution in [3.8, 4) is 11.5 Å². The van der Waals surface area contributed by atoms with Crippen molar-refractivity contribution < 1.29 is 19.4 Å². The Morgan fingerprint density at radius 2 is 1.73 bits per heavy atom. The van der Waals surface area contributed by atoms with Gasteiger partial charge in [-0.15, -0.1) is 0 Å². The minimum Gasteiger partial charge on any atom is -0.478 e. The number of ether oxygens (including phenoxy) is 1. The van der Waals surface area contributed by atoms with Gasteiger partial charge in [-0.3, -0.25) is 4.79 Å². The number of hydrogen-bond donors (Lipinski definition) is 2. The Bertz CT molecular complexity index is 896. The van der Waals surface area contributed by atoms with Gasteiger partial charge in [-0.05, 0) is 42.8 Å². The summed E-state index contributed by atoms with van der Waals surface area (Å²) in [6, 6.07) is 15.3. The van der Waals surface area contributed by atoms with Crippen molar-refractivity contribution in [2.24, 2.45) is 0 Å². The van der Waals surface area contributed by atoms with E-state index in [1.54, 1.807) is 24.3 Å². The number of hydrogen-bond acceptors (Lipinski definition) is 3. The molecule has 2 N–H and O–H groups in total. The predicted molar refractivity (Wildman–Crippen MR) is 95.9 cm³/mol. The zero-order valence-electron chi connectivity index (χ0n) is 13.8. The van der Waals surface area contributed by atoms with Gasteiger partial charge in [0.1, 0.15) is 17.1 Å². The first kappa shape index (κ1) is 17.2. The lowest BCUT2D eigenvalue weighted by Crippen LogP contribution is -2.21. The molecule has 1 amide bonds. The quantitative estimate of drug-likeness (QED) is 0.804. The molecule has 6 nitrogen and oxygen atoms in total. The second-order valence-corrected chi connectivity index (χ2v) is 5.77. The molecular weight excluding hydrogens is 332 g/mol. The average molecular weight is 348 g/mol. The molecule has 2 aromatic rings. The van der Waals surface area contributed by atoms with Crippen LogP contribution in [0, 0.1) is 6.57 Å². The number of rotatable bonds is 5. The third-order valence-corrected chi connectivity index (χ3v) is 4.08. The molecule has 0 radical (unpaired) electrons. The van der Waals surface area contributed by atoms with Crippen molar-refractivity contribution in [3.05, 3.63) is 77.2 Å². The SMILES string of the molecule is [C-]#[N+]C1CCC(C(=O)O)=C1C(=O)Nc1ccc(Oc2ccccc2)cc1. The largest absolute Gasteiger partial charge is 0.478 e. The molecule has 3 rings (SSSR count). The zero-order chi connectivity index (χ0) is 18.5. The molecule has 0 heterocycles. The van der Waals surface area contributed by atoms with Gasteiger partial charge in [0, 0.05) is 12.1 Å². The summed E-state index contributed by atoms with van der Waals surface area (Å²) in [7, 11) is 0. The smallest absolute Gasteiger partial charge is 0.332 e. The van der Waals surface area contributed by atoms with E-state index in [9.17, 15) is 14.7 Å². The lowest BCUT2D eigenvalue weighted by atomic mass is 10.1. The van der Waals surface area contributed by atoms with E-state index in [2.05, 4.69) is 10.2 Å². The first-order chi connectivity index (χ1) is 12.6. The Hall–Kier alpha value is -3.59. The number of amides is 1. The number of anilines is 1. The lowest BCUT2D eigenvalue weighted by Gasteiger charge is -2.09. The molecule has 0 saturated carbocycles. The third kappa shape index (κ3) is 3.73. The maximum atomic E-state index is 12.5. The normalized spacial score (nSPS) is 16.0. The van der Waals surface area contributed by atoms with Crippen LogP contribution in [0.15, 0.2) is 65.7 Å². The molecule has 0 fully saturated rings. The van der Waals surface area contributed by atoms with E-state index >= 15 is 0 Å². The highest BCUT2D eigenvalue weighted by Crippen LogP contribution is 2.30. The van der Waals surface area contributed by atoms with E-state index in [0.29, 0.717) is 23.6 Å². The van der Waals surface area contributed by atoms with Gasteiger partial charge in [0.05, 0.1) is 5.57 Å². The van der Waals surface area contributed by atoms with Crippen molar-refractivity contribution in [3.63, 3.8) is 0 Å². The van der Waals surface area contributed by atoms with Crippen molar-refractivity contribution in [2.45, 2.75) is 18.9 Å². The maximum absolute atomic E-state index is 12.5. The Balaban J connectivity index is 1.72. The van der Waals surface area contributed by atoms with Crippen LogP contribution in [-0.4, -0.2) is 23.0 Å². The topological polar surface area (TPSA) is 80.0 Å². The van der Waals surface area contributed by atoms with Crippen LogP contribution >= 0.6 is 0 Å². The number of para-hydroxylation sites is 1. The molecule has 0 saturated heterocycles. The van der Waals surface area contributed by atoms with E-state index in [-0.39, 0.29) is 17.6 Å². The van der Waals surface area contributed by atoms with Gasteiger partial charge < -0.3 is 20.0 Å². The van der Waals surface area contributed by atoms with Gasteiger partial charge in [-0.2, -0.15) is 0 Å². The van der Waals surface area contributed by atoms with Gasteiger partial charge in [0.15, 0.2) is 0 Å². The maximum Gasteiger partial charge on any atom is 0.332 e. The Morgan fingerprint density at radius 3 is 2.35 bits per heavy atom. The second kappa shape index (κ2) is 7.53. The molecule has 1 atom stereocenters. The van der Waals surface area contributed by atoms with Crippen molar-refractivity contribution in [2.75, 3.05) is 5.32 Å². The summed E-state index contributed by atoms with van der Waals surface area (Å²) < 4.78 is 5.68. The monoisotopic (exact) mass is 348 g/mol. The van der Waals surface area contributed by atoms with Crippen LogP contribution in [0.2, 0.25) is 0 Å². The number of aliphatic carboxylic acids is 1. The number of carbonyl (C=O) groups is 2. The summed E-state index contributed by atoms with van der Waals surface area (Å²) in [5.74, 6) is -0.378. The molecule has 1 aliphatic carbocycles. The lowest BCUT2D eigenvalue weighted by molar-refractivity contribution is -0.133. The van der Waals surface area contributed by atoms with Gasteiger partial charge in [0.25, 0.3) is 11.9 Å². The van der Waals surface area contributed by atoms with Gasteiger partial charge in [-0.1, -0.05) is 18.2 Å². The summed E-state index contributed by atoms with van der Waals surface area (Å²) in [6.45, 7) is 7.17. The first-order valence-electron chi connectivity index (χ1n) is 8.05. The summed E-state index contributed by atoms with van der Waals surface area (Å²) in [5, 5.41) is 11.9.